The number of primary amides is 1. The SMILES string of the molecule is NC(=O)c1cc(NC(=O)C2CC3CCCCC3N2)ccc1Cl. The van der Waals surface area contributed by atoms with Crippen LogP contribution in [0.25, 0.3) is 0 Å². The molecule has 2 fully saturated rings. The van der Waals surface area contributed by atoms with E-state index in [-0.39, 0.29) is 22.5 Å². The minimum atomic E-state index is -0.605. The van der Waals surface area contributed by atoms with E-state index in [9.17, 15) is 9.59 Å². The number of amides is 2. The van der Waals surface area contributed by atoms with Crippen molar-refractivity contribution in [3.8, 4) is 0 Å². The number of carbonyl (C=O) groups excluding carboxylic acids is 2. The maximum atomic E-state index is 12.4. The summed E-state index contributed by atoms with van der Waals surface area (Å²) < 4.78 is 0. The number of anilines is 1. The van der Waals surface area contributed by atoms with Crippen molar-refractivity contribution in [1.29, 1.82) is 0 Å². The molecule has 3 unspecified atom stereocenters. The molecule has 1 saturated heterocycles. The Hall–Kier alpha value is -1.59. The van der Waals surface area contributed by atoms with E-state index < -0.39 is 5.91 Å². The van der Waals surface area contributed by atoms with E-state index in [1.165, 1.54) is 25.3 Å². The van der Waals surface area contributed by atoms with E-state index in [0.29, 0.717) is 17.6 Å². The third-order valence-electron chi connectivity index (χ3n) is 4.68. The topological polar surface area (TPSA) is 84.2 Å². The Bertz CT molecular complexity index is 591. The van der Waals surface area contributed by atoms with E-state index >= 15 is 0 Å². The number of rotatable bonds is 3. The average molecular weight is 322 g/mol. The first-order chi connectivity index (χ1) is 10.5. The van der Waals surface area contributed by atoms with Crippen LogP contribution < -0.4 is 16.4 Å². The quantitative estimate of drug-likeness (QED) is 0.798. The fourth-order valence-electron chi connectivity index (χ4n) is 3.54. The maximum absolute atomic E-state index is 12.4. The van der Waals surface area contributed by atoms with E-state index in [4.69, 9.17) is 17.3 Å². The van der Waals surface area contributed by atoms with Gasteiger partial charge in [-0.05, 0) is 43.4 Å². The van der Waals surface area contributed by atoms with Crippen LogP contribution in [-0.4, -0.2) is 23.9 Å². The van der Waals surface area contributed by atoms with Crippen LogP contribution in [-0.2, 0) is 4.79 Å². The van der Waals surface area contributed by atoms with Crippen LogP contribution in [0.3, 0.4) is 0 Å². The molecule has 0 bridgehead atoms. The van der Waals surface area contributed by atoms with Crippen molar-refractivity contribution in [2.75, 3.05) is 5.32 Å². The Balaban J connectivity index is 1.67. The first-order valence-electron chi connectivity index (χ1n) is 7.71. The van der Waals surface area contributed by atoms with Crippen molar-refractivity contribution >= 4 is 29.1 Å². The number of nitrogens with one attached hydrogen (secondary N) is 2. The molecule has 1 aromatic rings. The van der Waals surface area contributed by atoms with Gasteiger partial charge in [0.1, 0.15) is 0 Å². The highest BCUT2D eigenvalue weighted by atomic mass is 35.5. The molecule has 2 amide bonds. The number of hydrogen-bond acceptors (Lipinski definition) is 3. The Morgan fingerprint density at radius 3 is 2.77 bits per heavy atom. The van der Waals surface area contributed by atoms with Crippen molar-refractivity contribution in [3.05, 3.63) is 28.8 Å². The summed E-state index contributed by atoms with van der Waals surface area (Å²) in [6, 6.07) is 5.06. The number of fused-ring (bicyclic) bond motifs is 1. The summed E-state index contributed by atoms with van der Waals surface area (Å²) >= 11 is 5.91. The van der Waals surface area contributed by atoms with Gasteiger partial charge in [-0.15, -0.1) is 0 Å². The third kappa shape index (κ3) is 3.10. The Morgan fingerprint density at radius 1 is 1.27 bits per heavy atom. The molecule has 5 nitrogen and oxygen atoms in total. The lowest BCUT2D eigenvalue weighted by Gasteiger charge is -2.24. The van der Waals surface area contributed by atoms with Crippen LogP contribution in [0.5, 0.6) is 0 Å². The monoisotopic (exact) mass is 321 g/mol. The lowest BCUT2D eigenvalue weighted by Crippen LogP contribution is -2.39. The summed E-state index contributed by atoms with van der Waals surface area (Å²) in [4.78, 5) is 23.7. The van der Waals surface area contributed by atoms with E-state index in [1.54, 1.807) is 12.1 Å². The third-order valence-corrected chi connectivity index (χ3v) is 5.01. The minimum absolute atomic E-state index is 0.0628. The van der Waals surface area contributed by atoms with Crippen LogP contribution in [0.4, 0.5) is 5.69 Å². The summed E-state index contributed by atoms with van der Waals surface area (Å²) in [6.07, 6.45) is 5.74. The van der Waals surface area contributed by atoms with Gasteiger partial charge in [-0.1, -0.05) is 24.4 Å². The number of hydrogen-bond donors (Lipinski definition) is 3. The molecule has 118 valence electrons. The van der Waals surface area contributed by atoms with Gasteiger partial charge < -0.3 is 16.4 Å². The molecule has 3 atom stereocenters. The molecular weight excluding hydrogens is 302 g/mol. The zero-order valence-electron chi connectivity index (χ0n) is 12.3. The van der Waals surface area contributed by atoms with Gasteiger partial charge in [-0.2, -0.15) is 0 Å². The standard InChI is InChI=1S/C16H20ClN3O2/c17-12-6-5-10(8-11(12)15(18)21)19-16(22)14-7-9-3-1-2-4-13(9)20-14/h5-6,8-9,13-14,20H,1-4,7H2,(H2,18,21)(H,19,22). The van der Waals surface area contributed by atoms with E-state index in [1.807, 2.05) is 0 Å². The fraction of sp³-hybridized carbons (Fsp3) is 0.500. The van der Waals surface area contributed by atoms with E-state index in [0.717, 1.165) is 12.8 Å². The van der Waals surface area contributed by atoms with E-state index in [2.05, 4.69) is 10.6 Å². The second kappa shape index (κ2) is 6.26. The highest BCUT2D eigenvalue weighted by Crippen LogP contribution is 2.33. The molecule has 1 aliphatic carbocycles. The van der Waals surface area contributed by atoms with Gasteiger partial charge in [0.2, 0.25) is 11.8 Å². The number of benzene rings is 1. The summed E-state index contributed by atoms with van der Waals surface area (Å²) in [5, 5.41) is 6.57. The lowest BCUT2D eigenvalue weighted by atomic mass is 9.85. The molecule has 1 aromatic carbocycles. The number of carbonyl (C=O) groups is 2. The lowest BCUT2D eigenvalue weighted by molar-refractivity contribution is -0.117. The summed E-state index contributed by atoms with van der Waals surface area (Å²) in [6.45, 7) is 0. The molecule has 2 aliphatic rings. The number of nitrogens with two attached hydrogens (primary N) is 1. The molecule has 1 aliphatic heterocycles. The zero-order chi connectivity index (χ0) is 15.7. The second-order valence-corrected chi connectivity index (χ2v) is 6.56. The van der Waals surface area contributed by atoms with Crippen molar-refractivity contribution in [2.24, 2.45) is 11.7 Å². The highest BCUT2D eigenvalue weighted by molar-refractivity contribution is 6.34. The van der Waals surface area contributed by atoms with Crippen molar-refractivity contribution in [3.63, 3.8) is 0 Å². The fourth-order valence-corrected chi connectivity index (χ4v) is 3.75. The first kappa shape index (κ1) is 15.3. The zero-order valence-corrected chi connectivity index (χ0v) is 13.0. The predicted molar refractivity (Wildman–Crippen MR) is 85.9 cm³/mol. The van der Waals surface area contributed by atoms with Gasteiger partial charge in [0.05, 0.1) is 16.6 Å². The minimum Gasteiger partial charge on any atom is -0.366 e. The Kier molecular flexibility index (Phi) is 4.36. The van der Waals surface area contributed by atoms with Crippen LogP contribution in [0.15, 0.2) is 18.2 Å². The molecule has 0 spiro atoms. The van der Waals surface area contributed by atoms with Crippen molar-refractivity contribution in [2.45, 2.75) is 44.2 Å². The Labute approximate surface area is 134 Å². The summed E-state index contributed by atoms with van der Waals surface area (Å²) in [5.41, 5.74) is 6.02. The molecule has 3 rings (SSSR count). The smallest absolute Gasteiger partial charge is 0.250 e. The molecule has 1 heterocycles. The average Bonchev–Trinajstić information content (AvgIpc) is 2.93. The Morgan fingerprint density at radius 2 is 2.05 bits per heavy atom. The van der Waals surface area contributed by atoms with Gasteiger partial charge in [0.15, 0.2) is 0 Å². The van der Waals surface area contributed by atoms with Gasteiger partial charge in [0.25, 0.3) is 0 Å². The summed E-state index contributed by atoms with van der Waals surface area (Å²) in [5.74, 6) is -0.0610. The molecule has 6 heteroatoms. The largest absolute Gasteiger partial charge is 0.366 e. The molecular formula is C16H20ClN3O2. The summed E-state index contributed by atoms with van der Waals surface area (Å²) in [7, 11) is 0. The van der Waals surface area contributed by atoms with Gasteiger partial charge in [0, 0.05) is 11.7 Å². The van der Waals surface area contributed by atoms with Crippen LogP contribution in [0.2, 0.25) is 5.02 Å². The van der Waals surface area contributed by atoms with Crippen LogP contribution >= 0.6 is 11.6 Å². The molecule has 0 radical (unpaired) electrons. The first-order valence-corrected chi connectivity index (χ1v) is 8.08. The normalized spacial score (nSPS) is 27.2. The highest BCUT2D eigenvalue weighted by Gasteiger charge is 2.38. The van der Waals surface area contributed by atoms with Gasteiger partial charge in [-0.3, -0.25) is 9.59 Å². The van der Waals surface area contributed by atoms with Crippen molar-refractivity contribution in [1.82, 2.24) is 5.32 Å². The van der Waals surface area contributed by atoms with Crippen LogP contribution in [0, 0.1) is 5.92 Å². The van der Waals surface area contributed by atoms with Crippen LogP contribution in [0.1, 0.15) is 42.5 Å². The molecule has 0 aromatic heterocycles. The second-order valence-electron chi connectivity index (χ2n) is 6.15. The molecule has 4 N–H and O–H groups in total. The molecule has 1 saturated carbocycles. The van der Waals surface area contributed by atoms with Gasteiger partial charge in [-0.25, -0.2) is 0 Å². The van der Waals surface area contributed by atoms with Gasteiger partial charge >= 0.3 is 0 Å². The predicted octanol–water partition coefficient (Wildman–Crippen LogP) is 2.30. The van der Waals surface area contributed by atoms with Crippen molar-refractivity contribution < 1.29 is 9.59 Å². The number of halogens is 1. The molecule has 22 heavy (non-hydrogen) atoms. The maximum Gasteiger partial charge on any atom is 0.250 e.